The molecule has 0 saturated heterocycles. The third-order valence-corrected chi connectivity index (χ3v) is 2.28. The van der Waals surface area contributed by atoms with Gasteiger partial charge in [0, 0.05) is 0 Å². The van der Waals surface area contributed by atoms with Crippen molar-refractivity contribution in [1.29, 1.82) is 0 Å². The van der Waals surface area contributed by atoms with Gasteiger partial charge in [0.1, 0.15) is 5.60 Å². The molecule has 0 spiro atoms. The number of aliphatic hydroxyl groups excluding tert-OH is 1. The molecule has 0 aliphatic rings. The van der Waals surface area contributed by atoms with E-state index in [1.807, 2.05) is 20.8 Å². The third-order valence-electron chi connectivity index (χ3n) is 2.28. The number of aliphatic hydroxyl groups is 1. The number of hydrogen-bond donors (Lipinski definition) is 2. The number of hydrogen-bond acceptors (Lipinski definition) is 3. The fraction of sp³-hybridized carbons (Fsp3) is 0.923. The van der Waals surface area contributed by atoms with Crippen LogP contribution in [-0.2, 0) is 4.74 Å². The van der Waals surface area contributed by atoms with E-state index in [0.29, 0.717) is 5.92 Å². The Bertz CT molecular complexity index is 221. The first kappa shape index (κ1) is 16.2. The van der Waals surface area contributed by atoms with Crippen LogP contribution in [-0.4, -0.2) is 29.4 Å². The van der Waals surface area contributed by atoms with Crippen LogP contribution in [0.25, 0.3) is 0 Å². The van der Waals surface area contributed by atoms with Gasteiger partial charge in [-0.05, 0) is 33.1 Å². The van der Waals surface area contributed by atoms with E-state index in [4.69, 9.17) is 9.84 Å². The Balaban J connectivity index is 3.92. The smallest absolute Gasteiger partial charge is 0.407 e. The van der Waals surface area contributed by atoms with Crippen LogP contribution in [0.15, 0.2) is 0 Å². The summed E-state index contributed by atoms with van der Waals surface area (Å²) >= 11 is 0. The van der Waals surface area contributed by atoms with Crippen molar-refractivity contribution in [2.75, 3.05) is 6.61 Å². The van der Waals surface area contributed by atoms with Crippen molar-refractivity contribution in [2.45, 2.75) is 65.5 Å². The highest BCUT2D eigenvalue weighted by Gasteiger charge is 2.18. The van der Waals surface area contributed by atoms with E-state index in [0.717, 1.165) is 19.3 Å². The number of rotatable bonds is 6. The quantitative estimate of drug-likeness (QED) is 0.756. The third kappa shape index (κ3) is 10.1. The highest BCUT2D eigenvalue weighted by Crippen LogP contribution is 2.10. The van der Waals surface area contributed by atoms with E-state index >= 15 is 0 Å². The van der Waals surface area contributed by atoms with Crippen LogP contribution in [0.3, 0.4) is 0 Å². The largest absolute Gasteiger partial charge is 0.444 e. The lowest BCUT2D eigenvalue weighted by Gasteiger charge is -2.22. The van der Waals surface area contributed by atoms with E-state index < -0.39 is 11.7 Å². The van der Waals surface area contributed by atoms with Crippen molar-refractivity contribution in [3.05, 3.63) is 0 Å². The van der Waals surface area contributed by atoms with Crippen molar-refractivity contribution >= 4 is 6.09 Å². The summed E-state index contributed by atoms with van der Waals surface area (Å²) in [4.78, 5) is 11.5. The molecule has 1 amide bonds. The summed E-state index contributed by atoms with van der Waals surface area (Å²) in [6, 6.07) is -0.205. The van der Waals surface area contributed by atoms with Crippen molar-refractivity contribution in [1.82, 2.24) is 5.32 Å². The SMILES string of the molecule is CC(C)CCC[C@@H](CO)NC(=O)OC(C)(C)C. The standard InChI is InChI=1S/C13H27NO3/c1-10(2)7-6-8-11(9-15)14-12(16)17-13(3,4)5/h10-11,15H,6-9H2,1-5H3,(H,14,16)/t11-/m0/s1. The average molecular weight is 245 g/mol. The number of alkyl carbamates (subject to hydrolysis) is 1. The van der Waals surface area contributed by atoms with Gasteiger partial charge >= 0.3 is 6.09 Å². The first-order valence-electron chi connectivity index (χ1n) is 6.35. The second-order valence-electron chi connectivity index (χ2n) is 5.85. The minimum absolute atomic E-state index is 0.0443. The number of carbonyl (C=O) groups excluding carboxylic acids is 1. The monoisotopic (exact) mass is 245 g/mol. The molecule has 2 N–H and O–H groups in total. The summed E-state index contributed by atoms with van der Waals surface area (Å²) in [5, 5.41) is 11.9. The first-order chi connectivity index (χ1) is 7.74. The van der Waals surface area contributed by atoms with Crippen LogP contribution in [0.1, 0.15) is 53.9 Å². The Hall–Kier alpha value is -0.770. The summed E-state index contributed by atoms with van der Waals surface area (Å²) < 4.78 is 5.14. The molecule has 17 heavy (non-hydrogen) atoms. The van der Waals surface area contributed by atoms with E-state index in [9.17, 15) is 4.79 Å². The van der Waals surface area contributed by atoms with Gasteiger partial charge in [-0.25, -0.2) is 4.79 Å². The molecule has 102 valence electrons. The number of carbonyl (C=O) groups is 1. The maximum absolute atomic E-state index is 11.5. The van der Waals surface area contributed by atoms with E-state index in [1.54, 1.807) is 0 Å². The molecule has 0 heterocycles. The molecule has 4 heteroatoms. The second kappa shape index (κ2) is 7.54. The van der Waals surface area contributed by atoms with Gasteiger partial charge in [0.2, 0.25) is 0 Å². The fourth-order valence-corrected chi connectivity index (χ4v) is 1.46. The predicted octanol–water partition coefficient (Wildman–Crippen LogP) is 2.70. The van der Waals surface area contributed by atoms with Crippen molar-refractivity contribution in [2.24, 2.45) is 5.92 Å². The molecule has 0 rings (SSSR count). The number of amides is 1. The average Bonchev–Trinajstić information content (AvgIpc) is 2.12. The van der Waals surface area contributed by atoms with Crippen molar-refractivity contribution < 1.29 is 14.6 Å². The zero-order valence-corrected chi connectivity index (χ0v) is 11.7. The topological polar surface area (TPSA) is 58.6 Å². The molecule has 4 nitrogen and oxygen atoms in total. The van der Waals surface area contributed by atoms with Gasteiger partial charge in [-0.3, -0.25) is 0 Å². The van der Waals surface area contributed by atoms with E-state index in [-0.39, 0.29) is 12.6 Å². The highest BCUT2D eigenvalue weighted by atomic mass is 16.6. The highest BCUT2D eigenvalue weighted by molar-refractivity contribution is 5.68. The first-order valence-corrected chi connectivity index (χ1v) is 6.35. The molecule has 0 saturated carbocycles. The predicted molar refractivity (Wildman–Crippen MR) is 68.9 cm³/mol. The summed E-state index contributed by atoms with van der Waals surface area (Å²) in [6.07, 6.45) is 2.43. The zero-order valence-electron chi connectivity index (χ0n) is 11.7. The van der Waals surface area contributed by atoms with Crippen molar-refractivity contribution in [3.8, 4) is 0 Å². The van der Waals surface area contributed by atoms with Crippen molar-refractivity contribution in [3.63, 3.8) is 0 Å². The maximum atomic E-state index is 11.5. The van der Waals surface area contributed by atoms with Gasteiger partial charge < -0.3 is 15.2 Å². The summed E-state index contributed by atoms with van der Waals surface area (Å²) in [7, 11) is 0. The lowest BCUT2D eigenvalue weighted by atomic mass is 10.0. The van der Waals surface area contributed by atoms with Crippen LogP contribution < -0.4 is 5.32 Å². The molecule has 0 radical (unpaired) electrons. The molecule has 0 unspecified atom stereocenters. The Morgan fingerprint density at radius 2 is 1.88 bits per heavy atom. The lowest BCUT2D eigenvalue weighted by molar-refractivity contribution is 0.0478. The molecule has 0 fully saturated rings. The minimum Gasteiger partial charge on any atom is -0.444 e. The second-order valence-corrected chi connectivity index (χ2v) is 5.85. The van der Waals surface area contributed by atoms with E-state index in [2.05, 4.69) is 19.2 Å². The zero-order chi connectivity index (χ0) is 13.5. The molecular formula is C13H27NO3. The van der Waals surface area contributed by atoms with Gasteiger partial charge in [0.15, 0.2) is 0 Å². The number of ether oxygens (including phenoxy) is 1. The van der Waals surface area contributed by atoms with E-state index in [1.165, 1.54) is 0 Å². The Morgan fingerprint density at radius 1 is 1.29 bits per heavy atom. The molecule has 0 aliphatic heterocycles. The van der Waals surface area contributed by atoms with Gasteiger partial charge in [-0.15, -0.1) is 0 Å². The molecule has 0 bridgehead atoms. The lowest BCUT2D eigenvalue weighted by Crippen LogP contribution is -2.41. The Morgan fingerprint density at radius 3 is 2.29 bits per heavy atom. The Kier molecular flexibility index (Phi) is 7.19. The number of nitrogens with one attached hydrogen (secondary N) is 1. The van der Waals surface area contributed by atoms with Crippen LogP contribution in [0.4, 0.5) is 4.79 Å². The molecule has 0 aromatic heterocycles. The van der Waals surface area contributed by atoms with Gasteiger partial charge in [0.05, 0.1) is 12.6 Å². The summed E-state index contributed by atoms with van der Waals surface area (Å²) in [5.74, 6) is 0.649. The van der Waals surface area contributed by atoms with Crippen LogP contribution in [0.2, 0.25) is 0 Å². The summed E-state index contributed by atoms with van der Waals surface area (Å²) in [5.41, 5.74) is -0.498. The molecule has 1 atom stereocenters. The minimum atomic E-state index is -0.498. The van der Waals surface area contributed by atoms with Gasteiger partial charge in [0.25, 0.3) is 0 Å². The summed E-state index contributed by atoms with van der Waals surface area (Å²) in [6.45, 7) is 9.74. The Labute approximate surface area is 105 Å². The van der Waals surface area contributed by atoms with Crippen LogP contribution in [0, 0.1) is 5.92 Å². The molecule has 0 aromatic carbocycles. The van der Waals surface area contributed by atoms with Crippen LogP contribution >= 0.6 is 0 Å². The molecule has 0 aliphatic carbocycles. The fourth-order valence-electron chi connectivity index (χ4n) is 1.46. The van der Waals surface area contributed by atoms with Crippen LogP contribution in [0.5, 0.6) is 0 Å². The molecule has 0 aromatic rings. The van der Waals surface area contributed by atoms with Gasteiger partial charge in [-0.2, -0.15) is 0 Å². The van der Waals surface area contributed by atoms with Gasteiger partial charge in [-0.1, -0.05) is 26.7 Å². The maximum Gasteiger partial charge on any atom is 0.407 e. The normalized spacial score (nSPS) is 13.6. The molecular weight excluding hydrogens is 218 g/mol.